The largest absolute Gasteiger partial charge is 0.472 e. The highest BCUT2D eigenvalue weighted by atomic mass is 16.3. The van der Waals surface area contributed by atoms with E-state index in [4.69, 9.17) is 4.42 Å². The first kappa shape index (κ1) is 14.3. The van der Waals surface area contributed by atoms with Crippen LogP contribution in [0.15, 0.2) is 76.1 Å². The third kappa shape index (κ3) is 3.50. The fourth-order valence-electron chi connectivity index (χ4n) is 2.39. The van der Waals surface area contributed by atoms with Crippen LogP contribution in [-0.2, 0) is 0 Å². The molecule has 3 nitrogen and oxygen atoms in total. The highest BCUT2D eigenvalue weighted by Crippen LogP contribution is 2.23. The highest BCUT2D eigenvalue weighted by Gasteiger charge is 2.12. The van der Waals surface area contributed by atoms with Gasteiger partial charge >= 0.3 is 0 Å². The van der Waals surface area contributed by atoms with Crippen molar-refractivity contribution in [3.63, 3.8) is 0 Å². The number of allylic oxidation sites excluding steroid dienone is 4. The van der Waals surface area contributed by atoms with Gasteiger partial charge in [-0.2, -0.15) is 0 Å². The van der Waals surface area contributed by atoms with E-state index in [1.807, 2.05) is 36.4 Å². The lowest BCUT2D eigenvalue weighted by molar-refractivity contribution is 0.0994. The molecular formula is C19H19NO2. The summed E-state index contributed by atoms with van der Waals surface area (Å²) in [4.78, 5) is 16.9. The topological polar surface area (TPSA) is 42.6 Å². The minimum Gasteiger partial charge on any atom is -0.472 e. The van der Waals surface area contributed by atoms with E-state index in [0.717, 1.165) is 24.0 Å². The van der Waals surface area contributed by atoms with Gasteiger partial charge < -0.3 is 4.42 Å². The zero-order chi connectivity index (χ0) is 15.2. The number of furan rings is 1. The molecule has 0 bridgehead atoms. The molecule has 3 heteroatoms. The Bertz CT molecular complexity index is 742. The van der Waals surface area contributed by atoms with Crippen LogP contribution in [0.25, 0.3) is 0 Å². The first-order chi connectivity index (χ1) is 10.8. The Balaban J connectivity index is 0.00000192. The van der Waals surface area contributed by atoms with Crippen molar-refractivity contribution in [1.29, 1.82) is 0 Å². The number of hydrogen-bond acceptors (Lipinski definition) is 3. The summed E-state index contributed by atoms with van der Waals surface area (Å²) in [6.45, 7) is 0. The van der Waals surface area contributed by atoms with Gasteiger partial charge in [0.25, 0.3) is 0 Å². The standard InChI is InChI=1S/C19H17NO2.H2/c21-19(12-15-6-2-1-3-7-15)17-8-4-5-9-18(17)20-13-16-10-11-22-14-16;/h2,4-11,13-14H,1,3,12H2;1H. The SMILES string of the molecule is O=C(CC1=CCCC=C1)c1ccccc1N=Cc1ccoc1.[HH]. The number of nitrogens with zero attached hydrogens (tertiary/aromatic N) is 1. The van der Waals surface area contributed by atoms with E-state index in [1.54, 1.807) is 18.7 Å². The molecule has 0 N–H and O–H groups in total. The maximum atomic E-state index is 12.5. The number of carbonyl (C=O) groups is 1. The molecule has 0 radical (unpaired) electrons. The van der Waals surface area contributed by atoms with E-state index in [-0.39, 0.29) is 7.21 Å². The van der Waals surface area contributed by atoms with Gasteiger partial charge in [-0.25, -0.2) is 0 Å². The molecule has 0 saturated carbocycles. The van der Waals surface area contributed by atoms with Crippen LogP contribution in [0.4, 0.5) is 5.69 Å². The summed E-state index contributed by atoms with van der Waals surface area (Å²) in [6.07, 6.45) is 13.7. The van der Waals surface area contributed by atoms with E-state index < -0.39 is 0 Å². The molecule has 0 aliphatic heterocycles. The number of aliphatic imine (C=N–C) groups is 1. The third-order valence-electron chi connectivity index (χ3n) is 3.54. The molecule has 0 saturated heterocycles. The Morgan fingerprint density at radius 3 is 2.95 bits per heavy atom. The summed E-state index contributed by atoms with van der Waals surface area (Å²) in [5.74, 6) is 0.0951. The van der Waals surface area contributed by atoms with Gasteiger partial charge in [0.15, 0.2) is 5.78 Å². The lowest BCUT2D eigenvalue weighted by Gasteiger charge is -2.08. The van der Waals surface area contributed by atoms with Gasteiger partial charge in [0, 0.05) is 25.2 Å². The molecule has 0 spiro atoms. The maximum Gasteiger partial charge on any atom is 0.169 e. The number of para-hydroxylation sites is 1. The van der Waals surface area contributed by atoms with Crippen LogP contribution in [0.2, 0.25) is 0 Å². The Morgan fingerprint density at radius 2 is 2.18 bits per heavy atom. The van der Waals surface area contributed by atoms with Crippen LogP contribution in [0.1, 0.15) is 36.6 Å². The first-order valence-corrected chi connectivity index (χ1v) is 7.37. The van der Waals surface area contributed by atoms with Crippen molar-refractivity contribution in [3.05, 3.63) is 77.8 Å². The van der Waals surface area contributed by atoms with Crippen molar-refractivity contribution in [2.24, 2.45) is 4.99 Å². The molecule has 1 aliphatic rings. The summed E-state index contributed by atoms with van der Waals surface area (Å²) in [5.41, 5.74) is 3.31. The summed E-state index contributed by atoms with van der Waals surface area (Å²) in [5, 5.41) is 0. The number of hydrogen-bond donors (Lipinski definition) is 0. The van der Waals surface area contributed by atoms with Crippen LogP contribution >= 0.6 is 0 Å². The summed E-state index contributed by atoms with van der Waals surface area (Å²) < 4.78 is 5.01. The number of rotatable bonds is 5. The second-order valence-electron chi connectivity index (χ2n) is 5.19. The van der Waals surface area contributed by atoms with Crippen molar-refractivity contribution in [2.45, 2.75) is 19.3 Å². The van der Waals surface area contributed by atoms with Crippen LogP contribution in [0.3, 0.4) is 0 Å². The van der Waals surface area contributed by atoms with Crippen molar-refractivity contribution in [1.82, 2.24) is 0 Å². The van der Waals surface area contributed by atoms with Crippen LogP contribution in [0, 0.1) is 0 Å². The molecule has 1 aromatic carbocycles. The molecule has 3 rings (SSSR count). The van der Waals surface area contributed by atoms with Gasteiger partial charge in [-0.1, -0.05) is 30.4 Å². The second-order valence-corrected chi connectivity index (χ2v) is 5.19. The third-order valence-corrected chi connectivity index (χ3v) is 3.54. The van der Waals surface area contributed by atoms with Crippen LogP contribution in [-0.4, -0.2) is 12.0 Å². The van der Waals surface area contributed by atoms with Gasteiger partial charge in [0.1, 0.15) is 0 Å². The number of carbonyl (C=O) groups excluding carboxylic acids is 1. The molecule has 0 unspecified atom stereocenters. The molecule has 1 aromatic heterocycles. The molecule has 2 aromatic rings. The second kappa shape index (κ2) is 6.85. The molecule has 22 heavy (non-hydrogen) atoms. The predicted octanol–water partition coefficient (Wildman–Crippen LogP) is 5.13. The van der Waals surface area contributed by atoms with Crippen LogP contribution in [0.5, 0.6) is 0 Å². The Kier molecular flexibility index (Phi) is 4.44. The Labute approximate surface area is 131 Å². The molecule has 0 atom stereocenters. The van der Waals surface area contributed by atoms with E-state index in [0.29, 0.717) is 17.7 Å². The molecule has 1 heterocycles. The molecule has 112 valence electrons. The maximum absolute atomic E-state index is 12.5. The van der Waals surface area contributed by atoms with E-state index >= 15 is 0 Å². The molecular weight excluding hydrogens is 274 g/mol. The quantitative estimate of drug-likeness (QED) is 0.567. The number of benzene rings is 1. The molecule has 1 aliphatic carbocycles. The van der Waals surface area contributed by atoms with Crippen molar-refractivity contribution < 1.29 is 10.6 Å². The van der Waals surface area contributed by atoms with Gasteiger partial charge in [0.2, 0.25) is 0 Å². The fraction of sp³-hybridized carbons (Fsp3) is 0.158. The fourth-order valence-corrected chi connectivity index (χ4v) is 2.39. The van der Waals surface area contributed by atoms with E-state index in [1.165, 1.54) is 0 Å². The van der Waals surface area contributed by atoms with Crippen molar-refractivity contribution in [3.8, 4) is 0 Å². The minimum atomic E-state index is 0. The summed E-state index contributed by atoms with van der Waals surface area (Å²) in [6, 6.07) is 9.27. The highest BCUT2D eigenvalue weighted by molar-refractivity contribution is 6.02. The van der Waals surface area contributed by atoms with E-state index in [9.17, 15) is 4.79 Å². The monoisotopic (exact) mass is 293 g/mol. The van der Waals surface area contributed by atoms with Gasteiger partial charge in [-0.05, 0) is 36.6 Å². The van der Waals surface area contributed by atoms with E-state index in [2.05, 4.69) is 17.1 Å². The Hall–Kier alpha value is -2.68. The zero-order valence-corrected chi connectivity index (χ0v) is 12.2. The summed E-state index contributed by atoms with van der Waals surface area (Å²) >= 11 is 0. The lowest BCUT2D eigenvalue weighted by atomic mass is 9.98. The normalized spacial score (nSPS) is 14.3. The van der Waals surface area contributed by atoms with Gasteiger partial charge in [-0.15, -0.1) is 0 Å². The van der Waals surface area contributed by atoms with Crippen LogP contribution < -0.4 is 0 Å². The smallest absolute Gasteiger partial charge is 0.169 e. The number of ketones is 1. The van der Waals surface area contributed by atoms with Gasteiger partial charge in [-0.3, -0.25) is 9.79 Å². The number of Topliss-reactive ketones (excluding diaryl/α,β-unsaturated/α-hetero) is 1. The van der Waals surface area contributed by atoms with Gasteiger partial charge in [0.05, 0.1) is 18.2 Å². The van der Waals surface area contributed by atoms with Crippen molar-refractivity contribution >= 4 is 17.7 Å². The minimum absolute atomic E-state index is 0. The average molecular weight is 293 g/mol. The molecule has 0 fully saturated rings. The summed E-state index contributed by atoms with van der Waals surface area (Å²) in [7, 11) is 0. The first-order valence-electron chi connectivity index (χ1n) is 7.37. The molecule has 0 amide bonds. The lowest BCUT2D eigenvalue weighted by Crippen LogP contribution is -2.01. The zero-order valence-electron chi connectivity index (χ0n) is 12.2. The average Bonchev–Trinajstić information content (AvgIpc) is 3.07. The van der Waals surface area contributed by atoms with Crippen molar-refractivity contribution in [2.75, 3.05) is 0 Å². The predicted molar refractivity (Wildman–Crippen MR) is 89.9 cm³/mol. The Morgan fingerprint density at radius 1 is 1.27 bits per heavy atom.